The highest BCUT2D eigenvalue weighted by molar-refractivity contribution is 5.78. The summed E-state index contributed by atoms with van der Waals surface area (Å²) < 4.78 is 36.2. The Hall–Kier alpha value is -4.51. The lowest BCUT2D eigenvalue weighted by Crippen LogP contribution is -2.39. The molecule has 0 aliphatic carbocycles. The molecule has 0 fully saturated rings. The molecular weight excluding hydrogens is 427 g/mol. The second kappa shape index (κ2) is 8.20. The second-order valence-electron chi connectivity index (χ2n) is 7.46. The Morgan fingerprint density at radius 3 is 2.67 bits per heavy atom. The number of ether oxygens (including phenoxy) is 4. The van der Waals surface area contributed by atoms with Crippen molar-refractivity contribution >= 4 is 5.97 Å². The molecule has 0 radical (unpaired) electrons. The van der Waals surface area contributed by atoms with Gasteiger partial charge >= 0.3 is 5.97 Å². The zero-order valence-corrected chi connectivity index (χ0v) is 17.2. The molecule has 0 saturated carbocycles. The molecule has 0 spiro atoms. The second-order valence-corrected chi connectivity index (χ2v) is 7.46. The van der Waals surface area contributed by atoms with Gasteiger partial charge in [-0.15, -0.1) is 0 Å². The fourth-order valence-corrected chi connectivity index (χ4v) is 3.85. The number of rotatable bonds is 3. The molecule has 3 aromatic carbocycles. The number of benzene rings is 3. The fourth-order valence-electron chi connectivity index (χ4n) is 3.85. The van der Waals surface area contributed by atoms with Crippen LogP contribution in [0.15, 0.2) is 78.2 Å². The van der Waals surface area contributed by atoms with E-state index >= 15 is 0 Å². The van der Waals surface area contributed by atoms with Crippen molar-refractivity contribution in [1.29, 1.82) is 5.26 Å². The lowest BCUT2D eigenvalue weighted by atomic mass is 9.83. The average molecular weight is 444 g/mol. The molecule has 0 saturated heterocycles. The van der Waals surface area contributed by atoms with E-state index in [9.17, 15) is 14.4 Å². The van der Waals surface area contributed by atoms with Gasteiger partial charge in [0.05, 0.1) is 5.92 Å². The minimum absolute atomic E-state index is 0.0140. The Labute approximate surface area is 188 Å². The highest BCUT2D eigenvalue weighted by Gasteiger charge is 2.32. The zero-order chi connectivity index (χ0) is 22.9. The average Bonchev–Trinajstić information content (AvgIpc) is 2.82. The van der Waals surface area contributed by atoms with Crippen LogP contribution >= 0.6 is 0 Å². The Morgan fingerprint density at radius 2 is 1.88 bits per heavy atom. The van der Waals surface area contributed by atoms with Gasteiger partial charge in [0.25, 0.3) is 0 Å². The lowest BCUT2D eigenvalue weighted by Gasteiger charge is -2.27. The molecule has 164 valence electrons. The number of halogens is 1. The number of allylic oxidation sites excluding steroid dienone is 1. The summed E-state index contributed by atoms with van der Waals surface area (Å²) in [5.74, 6) is -0.262. The van der Waals surface area contributed by atoms with Crippen molar-refractivity contribution in [2.75, 3.05) is 6.61 Å². The zero-order valence-electron chi connectivity index (χ0n) is 17.2. The van der Waals surface area contributed by atoms with E-state index in [0.717, 1.165) is 0 Å². The van der Waals surface area contributed by atoms with Crippen molar-refractivity contribution in [3.05, 3.63) is 95.1 Å². The summed E-state index contributed by atoms with van der Waals surface area (Å²) in [5, 5.41) is 9.62. The van der Waals surface area contributed by atoms with Gasteiger partial charge in [-0.25, -0.2) is 9.18 Å². The third kappa shape index (κ3) is 3.81. The molecule has 0 bridgehead atoms. The first-order valence-electron chi connectivity index (χ1n) is 10.1. The molecule has 0 amide bonds. The van der Waals surface area contributed by atoms with Crippen LogP contribution in [0.2, 0.25) is 0 Å². The van der Waals surface area contributed by atoms with Crippen molar-refractivity contribution in [3.63, 3.8) is 0 Å². The summed E-state index contributed by atoms with van der Waals surface area (Å²) in [6.45, 7) is 0.0140. The Morgan fingerprint density at radius 1 is 1.06 bits per heavy atom. The summed E-state index contributed by atoms with van der Waals surface area (Å²) in [7, 11) is 0. The largest absolute Gasteiger partial charge is 0.485 e. The standard InChI is InChI=1S/C25H17FN2O5/c26-15-5-3-4-14(10-15)23-17-9-8-16(11-21(17)33-24(28)18(23)12-27)31-25(29)22-13-30-19-6-1-2-7-20(19)32-22/h1-11,22-23H,13,28H2. The van der Waals surface area contributed by atoms with Gasteiger partial charge in [0.1, 0.15) is 35.6 Å². The number of carbonyl (C=O) groups is 1. The van der Waals surface area contributed by atoms with Crippen LogP contribution < -0.4 is 24.7 Å². The van der Waals surface area contributed by atoms with Crippen LogP contribution in [0, 0.1) is 17.1 Å². The number of hydrogen-bond acceptors (Lipinski definition) is 7. The van der Waals surface area contributed by atoms with E-state index in [1.807, 2.05) is 6.07 Å². The number of nitrogens with zero attached hydrogens (tertiary/aromatic N) is 1. The molecule has 33 heavy (non-hydrogen) atoms. The molecule has 0 aromatic heterocycles. The molecule has 2 atom stereocenters. The maximum atomic E-state index is 13.9. The highest BCUT2D eigenvalue weighted by atomic mass is 19.1. The van der Waals surface area contributed by atoms with E-state index < -0.39 is 23.8 Å². The normalized spacial score (nSPS) is 18.5. The summed E-state index contributed by atoms with van der Waals surface area (Å²) in [6, 6.07) is 19.8. The summed E-state index contributed by atoms with van der Waals surface area (Å²) in [5.41, 5.74) is 7.30. The van der Waals surface area contributed by atoms with Crippen LogP contribution in [0.1, 0.15) is 17.0 Å². The van der Waals surface area contributed by atoms with Gasteiger partial charge in [0, 0.05) is 11.6 Å². The van der Waals surface area contributed by atoms with Crippen LogP contribution in [-0.2, 0) is 4.79 Å². The first kappa shape index (κ1) is 20.4. The molecule has 8 heteroatoms. The molecule has 2 N–H and O–H groups in total. The quantitative estimate of drug-likeness (QED) is 0.484. The van der Waals surface area contributed by atoms with Gasteiger partial charge in [0.2, 0.25) is 12.0 Å². The number of para-hydroxylation sites is 2. The van der Waals surface area contributed by atoms with E-state index in [-0.39, 0.29) is 23.8 Å². The Kier molecular flexibility index (Phi) is 5.07. The van der Waals surface area contributed by atoms with Gasteiger partial charge < -0.3 is 24.7 Å². The van der Waals surface area contributed by atoms with E-state index in [4.69, 9.17) is 24.7 Å². The summed E-state index contributed by atoms with van der Waals surface area (Å²) in [6.07, 6.45) is -0.938. The van der Waals surface area contributed by atoms with Crippen LogP contribution in [0.3, 0.4) is 0 Å². The first-order chi connectivity index (χ1) is 16.0. The fraction of sp³-hybridized carbons (Fsp3) is 0.120. The van der Waals surface area contributed by atoms with E-state index in [1.54, 1.807) is 42.5 Å². The van der Waals surface area contributed by atoms with Gasteiger partial charge in [-0.1, -0.05) is 30.3 Å². The van der Waals surface area contributed by atoms with Crippen molar-refractivity contribution < 1.29 is 28.1 Å². The molecule has 2 aliphatic rings. The van der Waals surface area contributed by atoms with Crippen molar-refractivity contribution in [2.45, 2.75) is 12.0 Å². The third-order valence-electron chi connectivity index (χ3n) is 5.36. The monoisotopic (exact) mass is 444 g/mol. The number of nitriles is 1. The molecular formula is C25H17FN2O5. The maximum Gasteiger partial charge on any atom is 0.356 e. The predicted octanol–water partition coefficient (Wildman–Crippen LogP) is 3.79. The van der Waals surface area contributed by atoms with Crippen LogP contribution in [0.5, 0.6) is 23.0 Å². The summed E-state index contributed by atoms with van der Waals surface area (Å²) >= 11 is 0. The number of hydrogen-bond donors (Lipinski definition) is 1. The number of nitrogens with two attached hydrogens (primary N) is 1. The van der Waals surface area contributed by atoms with E-state index in [2.05, 4.69) is 6.07 Å². The van der Waals surface area contributed by atoms with Crippen molar-refractivity contribution in [2.24, 2.45) is 5.73 Å². The van der Waals surface area contributed by atoms with Crippen molar-refractivity contribution in [3.8, 4) is 29.1 Å². The lowest BCUT2D eigenvalue weighted by molar-refractivity contribution is -0.144. The molecule has 5 rings (SSSR count). The van der Waals surface area contributed by atoms with Crippen LogP contribution in [0.25, 0.3) is 0 Å². The number of carbonyl (C=O) groups excluding carboxylic acids is 1. The molecule has 3 aromatic rings. The Balaban J connectivity index is 1.41. The number of esters is 1. The topological polar surface area (TPSA) is 104 Å². The van der Waals surface area contributed by atoms with E-state index in [1.165, 1.54) is 18.2 Å². The molecule has 2 unspecified atom stereocenters. The van der Waals surface area contributed by atoms with E-state index in [0.29, 0.717) is 28.4 Å². The minimum Gasteiger partial charge on any atom is -0.485 e. The van der Waals surface area contributed by atoms with Gasteiger partial charge in [-0.2, -0.15) is 5.26 Å². The SMILES string of the molecule is N#CC1=C(N)Oc2cc(OC(=O)C3COc4ccccc4O3)ccc2C1c1cccc(F)c1. The molecule has 2 heterocycles. The molecule has 7 nitrogen and oxygen atoms in total. The van der Waals surface area contributed by atoms with Crippen LogP contribution in [0.4, 0.5) is 4.39 Å². The molecule has 2 aliphatic heterocycles. The minimum atomic E-state index is -0.938. The maximum absolute atomic E-state index is 13.9. The smallest absolute Gasteiger partial charge is 0.356 e. The van der Waals surface area contributed by atoms with Crippen molar-refractivity contribution in [1.82, 2.24) is 0 Å². The summed E-state index contributed by atoms with van der Waals surface area (Å²) in [4.78, 5) is 12.6. The predicted molar refractivity (Wildman–Crippen MR) is 114 cm³/mol. The van der Waals surface area contributed by atoms with Gasteiger partial charge in [-0.05, 0) is 35.9 Å². The third-order valence-corrected chi connectivity index (χ3v) is 5.36. The van der Waals surface area contributed by atoms with Gasteiger partial charge in [0.15, 0.2) is 11.5 Å². The van der Waals surface area contributed by atoms with Crippen LogP contribution in [-0.4, -0.2) is 18.7 Å². The Bertz CT molecular complexity index is 1330. The highest BCUT2D eigenvalue weighted by Crippen LogP contribution is 2.43. The van der Waals surface area contributed by atoms with Gasteiger partial charge in [-0.3, -0.25) is 0 Å². The number of fused-ring (bicyclic) bond motifs is 2. The first-order valence-corrected chi connectivity index (χ1v) is 10.1.